The van der Waals surface area contributed by atoms with E-state index in [4.69, 9.17) is 4.74 Å². The van der Waals surface area contributed by atoms with Crippen LogP contribution < -0.4 is 4.74 Å². The number of nitrogens with zero attached hydrogens (tertiary/aromatic N) is 4. The van der Waals surface area contributed by atoms with Gasteiger partial charge in [-0.1, -0.05) is 6.07 Å². The third-order valence-electron chi connectivity index (χ3n) is 7.72. The molecule has 0 unspecified atom stereocenters. The summed E-state index contributed by atoms with van der Waals surface area (Å²) < 4.78 is 6.25. The summed E-state index contributed by atoms with van der Waals surface area (Å²) in [4.78, 5) is 20.0. The second kappa shape index (κ2) is 9.17. The summed E-state index contributed by atoms with van der Waals surface area (Å²) in [6.45, 7) is 6.11. The first-order valence-electron chi connectivity index (χ1n) is 12.7. The van der Waals surface area contributed by atoms with Gasteiger partial charge in [-0.2, -0.15) is 5.10 Å². The molecule has 4 heterocycles. The lowest BCUT2D eigenvalue weighted by molar-refractivity contribution is 0.0748. The molecular weight excluding hydrogens is 442 g/mol. The molecule has 6 rings (SSSR count). The van der Waals surface area contributed by atoms with Gasteiger partial charge in [0.2, 0.25) is 0 Å². The van der Waals surface area contributed by atoms with E-state index in [0.29, 0.717) is 24.2 Å². The van der Waals surface area contributed by atoms with Gasteiger partial charge in [-0.05, 0) is 75.1 Å². The molecule has 0 bridgehead atoms. The van der Waals surface area contributed by atoms with Crippen molar-refractivity contribution >= 4 is 16.8 Å². The minimum atomic E-state index is -0.160. The molecular formula is C27H33N5O3. The van der Waals surface area contributed by atoms with E-state index >= 15 is 0 Å². The van der Waals surface area contributed by atoms with E-state index in [1.54, 1.807) is 17.0 Å². The number of benzene rings is 2. The number of phenolic OH excluding ortho intramolecular Hbond substituents is 1. The lowest BCUT2D eigenvalue weighted by Gasteiger charge is -2.29. The number of H-pyrrole nitrogens is 1. The van der Waals surface area contributed by atoms with Crippen molar-refractivity contribution in [1.82, 2.24) is 24.9 Å². The van der Waals surface area contributed by atoms with Gasteiger partial charge in [0, 0.05) is 44.2 Å². The van der Waals surface area contributed by atoms with Gasteiger partial charge in [-0.15, -0.1) is 0 Å². The third kappa shape index (κ3) is 4.48. The normalized spacial score (nSPS) is 19.5. The number of hydrogen-bond donors (Lipinski definition) is 2. The van der Waals surface area contributed by atoms with Crippen LogP contribution in [0.5, 0.6) is 11.5 Å². The van der Waals surface area contributed by atoms with Crippen molar-refractivity contribution in [1.29, 1.82) is 0 Å². The maximum atomic E-state index is 13.5. The fourth-order valence-corrected chi connectivity index (χ4v) is 5.61. The molecule has 35 heavy (non-hydrogen) atoms. The van der Waals surface area contributed by atoms with Crippen molar-refractivity contribution < 1.29 is 14.6 Å². The zero-order valence-electron chi connectivity index (χ0n) is 20.3. The number of hydrogen-bond acceptors (Lipinski definition) is 6. The number of phenols is 1. The Morgan fingerprint density at radius 1 is 1.09 bits per heavy atom. The minimum Gasteiger partial charge on any atom is -0.507 e. The molecule has 0 saturated carbocycles. The summed E-state index contributed by atoms with van der Waals surface area (Å²) in [7, 11) is 2.15. The molecule has 2 fully saturated rings. The van der Waals surface area contributed by atoms with Crippen molar-refractivity contribution in [2.75, 3.05) is 33.2 Å². The zero-order chi connectivity index (χ0) is 23.9. The summed E-state index contributed by atoms with van der Waals surface area (Å²) in [5.41, 5.74) is 4.26. The molecule has 3 aliphatic heterocycles. The Kier molecular flexibility index (Phi) is 5.86. The van der Waals surface area contributed by atoms with E-state index < -0.39 is 0 Å². The van der Waals surface area contributed by atoms with Gasteiger partial charge in [-0.3, -0.25) is 14.8 Å². The second-order valence-corrected chi connectivity index (χ2v) is 10.3. The van der Waals surface area contributed by atoms with Crippen molar-refractivity contribution in [3.8, 4) is 11.5 Å². The van der Waals surface area contributed by atoms with Gasteiger partial charge in [-0.25, -0.2) is 0 Å². The van der Waals surface area contributed by atoms with Gasteiger partial charge in [0.05, 0.1) is 16.8 Å². The smallest absolute Gasteiger partial charge is 0.258 e. The van der Waals surface area contributed by atoms with Crippen molar-refractivity contribution in [2.24, 2.45) is 0 Å². The van der Waals surface area contributed by atoms with Crippen LogP contribution >= 0.6 is 0 Å². The van der Waals surface area contributed by atoms with Crippen LogP contribution in [-0.2, 0) is 19.6 Å². The van der Waals surface area contributed by atoms with E-state index in [-0.39, 0.29) is 17.8 Å². The highest BCUT2D eigenvalue weighted by molar-refractivity contribution is 6.01. The Morgan fingerprint density at radius 2 is 1.86 bits per heavy atom. The van der Waals surface area contributed by atoms with Crippen LogP contribution in [0, 0.1) is 0 Å². The number of likely N-dealkylation sites (tertiary alicyclic amines) is 2. The Hall–Kier alpha value is -3.10. The fourth-order valence-electron chi connectivity index (χ4n) is 5.61. The summed E-state index contributed by atoms with van der Waals surface area (Å²) >= 11 is 0. The highest BCUT2D eigenvalue weighted by Gasteiger charge is 2.28. The van der Waals surface area contributed by atoms with Gasteiger partial charge >= 0.3 is 0 Å². The molecule has 2 saturated heterocycles. The van der Waals surface area contributed by atoms with Gasteiger partial charge in [0.1, 0.15) is 17.6 Å². The Morgan fingerprint density at radius 3 is 2.66 bits per heavy atom. The molecule has 0 atom stereocenters. The number of amides is 1. The first-order valence-corrected chi connectivity index (χ1v) is 12.7. The zero-order valence-corrected chi connectivity index (χ0v) is 20.3. The molecule has 2 N–H and O–H groups in total. The molecule has 1 aromatic heterocycles. The van der Waals surface area contributed by atoms with Crippen LogP contribution in [0.3, 0.4) is 0 Å². The number of ether oxygens (including phenoxy) is 1. The van der Waals surface area contributed by atoms with Crippen LogP contribution in [0.15, 0.2) is 30.3 Å². The van der Waals surface area contributed by atoms with Crippen molar-refractivity contribution in [3.05, 3.63) is 52.7 Å². The highest BCUT2D eigenvalue weighted by Crippen LogP contribution is 2.33. The number of carbonyl (C=O) groups is 1. The van der Waals surface area contributed by atoms with Crippen LogP contribution in [-0.4, -0.2) is 75.2 Å². The van der Waals surface area contributed by atoms with Crippen LogP contribution in [0.1, 0.15) is 52.9 Å². The summed E-state index contributed by atoms with van der Waals surface area (Å²) in [6, 6.07) is 9.57. The van der Waals surface area contributed by atoms with Crippen molar-refractivity contribution in [2.45, 2.75) is 51.4 Å². The van der Waals surface area contributed by atoms with E-state index in [1.165, 1.54) is 12.8 Å². The highest BCUT2D eigenvalue weighted by atomic mass is 16.5. The molecule has 8 heteroatoms. The van der Waals surface area contributed by atoms with Gasteiger partial charge < -0.3 is 19.6 Å². The van der Waals surface area contributed by atoms with Gasteiger partial charge in [0.15, 0.2) is 0 Å². The number of aromatic hydroxyl groups is 1. The molecule has 1 amide bonds. The topological polar surface area (TPSA) is 84.9 Å². The van der Waals surface area contributed by atoms with Crippen LogP contribution in [0.4, 0.5) is 0 Å². The number of aromatic amines is 1. The average molecular weight is 476 g/mol. The lowest BCUT2D eigenvalue weighted by atomic mass is 10.1. The summed E-state index contributed by atoms with van der Waals surface area (Å²) in [6.07, 6.45) is 4.76. The first kappa shape index (κ1) is 22.4. The lowest BCUT2D eigenvalue weighted by Crippen LogP contribution is -2.35. The molecule has 2 aromatic carbocycles. The molecule has 0 radical (unpaired) electrons. The maximum absolute atomic E-state index is 13.5. The number of aromatic nitrogens is 2. The first-order chi connectivity index (χ1) is 17.0. The minimum absolute atomic E-state index is 0.0241. The quantitative estimate of drug-likeness (QED) is 0.588. The maximum Gasteiger partial charge on any atom is 0.258 e. The SMILES string of the molecule is CN1CCC(Oc2ccc3c(c2)CN(C(=O)c2cc4c(CN5CCCC5)[nH]nc4cc2O)C3)CC1. The van der Waals surface area contributed by atoms with Gasteiger partial charge in [0.25, 0.3) is 5.91 Å². The van der Waals surface area contributed by atoms with E-state index in [0.717, 1.165) is 73.5 Å². The van der Waals surface area contributed by atoms with E-state index in [1.807, 2.05) is 6.07 Å². The second-order valence-electron chi connectivity index (χ2n) is 10.3. The average Bonchev–Trinajstić information content (AvgIpc) is 3.60. The Labute approximate surface area is 205 Å². The Bertz CT molecular complexity index is 1240. The third-order valence-corrected chi connectivity index (χ3v) is 7.72. The number of rotatable bonds is 5. The Balaban J connectivity index is 1.18. The molecule has 3 aromatic rings. The molecule has 8 nitrogen and oxygen atoms in total. The summed E-state index contributed by atoms with van der Waals surface area (Å²) in [5, 5.41) is 19.0. The monoisotopic (exact) mass is 475 g/mol. The van der Waals surface area contributed by atoms with E-state index in [2.05, 4.69) is 39.2 Å². The number of carbonyl (C=O) groups excluding carboxylic acids is 1. The van der Waals surface area contributed by atoms with Crippen molar-refractivity contribution in [3.63, 3.8) is 0 Å². The molecule has 0 spiro atoms. The predicted octanol–water partition coefficient (Wildman–Crippen LogP) is 3.49. The van der Waals surface area contributed by atoms with Crippen LogP contribution in [0.2, 0.25) is 0 Å². The standard InChI is InChI=1S/C27H33N5O3/c1-30-10-6-20(7-11-30)35-21-5-4-18-15-32(16-19(18)12-21)27(34)23-13-22-24(14-26(23)33)28-29-25(22)17-31-8-2-3-9-31/h4-5,12-14,20,33H,2-3,6-11,15-17H2,1H3,(H,28,29). The predicted molar refractivity (Wildman–Crippen MR) is 133 cm³/mol. The molecule has 0 aliphatic carbocycles. The number of fused-ring (bicyclic) bond motifs is 2. The number of nitrogens with one attached hydrogen (secondary N) is 1. The summed E-state index contributed by atoms with van der Waals surface area (Å²) in [5.74, 6) is 0.692. The molecule has 184 valence electrons. The van der Waals surface area contributed by atoms with Crippen LogP contribution in [0.25, 0.3) is 10.9 Å². The molecule has 3 aliphatic rings. The fraction of sp³-hybridized carbons (Fsp3) is 0.481. The van der Waals surface area contributed by atoms with E-state index in [9.17, 15) is 9.90 Å². The largest absolute Gasteiger partial charge is 0.507 e. The number of piperidine rings is 1.